The molecule has 2 amide bonds. The highest BCUT2D eigenvalue weighted by Crippen LogP contribution is 2.40. The van der Waals surface area contributed by atoms with Gasteiger partial charge >= 0.3 is 0 Å². The Hall–Kier alpha value is -3.45. The minimum absolute atomic E-state index is 0.0554. The Kier molecular flexibility index (Phi) is 6.10. The molecule has 4 rings (SSSR count). The summed E-state index contributed by atoms with van der Waals surface area (Å²) in [6.07, 6.45) is 0.657. The highest BCUT2D eigenvalue weighted by molar-refractivity contribution is 7.92. The number of amides is 2. The number of nitrogens with zero attached hydrogens (tertiary/aromatic N) is 1. The van der Waals surface area contributed by atoms with E-state index in [1.807, 2.05) is 31.2 Å². The van der Waals surface area contributed by atoms with Crippen molar-refractivity contribution in [3.8, 4) is 0 Å². The van der Waals surface area contributed by atoms with E-state index in [0.29, 0.717) is 11.3 Å². The maximum atomic E-state index is 13.5. The fraction of sp³-hybridized carbons (Fsp3) is 0.200. The van der Waals surface area contributed by atoms with Crippen LogP contribution in [-0.4, -0.2) is 26.8 Å². The topological polar surface area (TPSA) is 83.6 Å². The number of benzene rings is 3. The molecule has 0 saturated carbocycles. The standard InChI is InChI=1S/C25H24N2O4S/c1-2-18-12-14-20(15-13-18)26-24(28)17-27-21-10-6-7-11-22(21)32(30,31)23(16-25(27)29)19-8-4-3-5-9-19/h3-15,23H,2,16-17H2,1H3,(H,26,28). The molecule has 0 saturated heterocycles. The van der Waals surface area contributed by atoms with Crippen molar-refractivity contribution >= 4 is 33.0 Å². The van der Waals surface area contributed by atoms with E-state index in [1.54, 1.807) is 48.5 Å². The van der Waals surface area contributed by atoms with E-state index in [-0.39, 0.29) is 23.5 Å². The molecule has 0 spiro atoms. The zero-order valence-corrected chi connectivity index (χ0v) is 18.5. The van der Waals surface area contributed by atoms with Crippen LogP contribution in [0.1, 0.15) is 29.7 Å². The molecule has 7 heteroatoms. The number of carbonyl (C=O) groups is 2. The molecule has 6 nitrogen and oxygen atoms in total. The average molecular weight is 449 g/mol. The number of hydrogen-bond donors (Lipinski definition) is 1. The molecule has 164 valence electrons. The van der Waals surface area contributed by atoms with Crippen LogP contribution < -0.4 is 10.2 Å². The van der Waals surface area contributed by atoms with Gasteiger partial charge in [-0.2, -0.15) is 0 Å². The van der Waals surface area contributed by atoms with Crippen LogP contribution in [0.5, 0.6) is 0 Å². The summed E-state index contributed by atoms with van der Waals surface area (Å²) in [5, 5.41) is 1.79. The number of sulfone groups is 1. The molecule has 0 aromatic heterocycles. The van der Waals surface area contributed by atoms with Crippen molar-refractivity contribution in [3.63, 3.8) is 0 Å². The molecule has 0 aliphatic carbocycles. The Morgan fingerprint density at radius 1 is 0.969 bits per heavy atom. The normalized spacial score (nSPS) is 17.3. The molecule has 0 bridgehead atoms. The van der Waals surface area contributed by atoms with E-state index in [1.165, 1.54) is 11.0 Å². The van der Waals surface area contributed by atoms with E-state index < -0.39 is 26.9 Å². The van der Waals surface area contributed by atoms with Gasteiger partial charge in [-0.05, 0) is 41.8 Å². The van der Waals surface area contributed by atoms with E-state index in [2.05, 4.69) is 5.32 Å². The SMILES string of the molecule is CCc1ccc(NC(=O)CN2C(=O)CC(c3ccccc3)S(=O)(=O)c3ccccc32)cc1. The smallest absolute Gasteiger partial charge is 0.244 e. The lowest BCUT2D eigenvalue weighted by molar-refractivity contribution is -0.121. The van der Waals surface area contributed by atoms with Gasteiger partial charge < -0.3 is 10.2 Å². The molecule has 3 aromatic rings. The van der Waals surface area contributed by atoms with Crippen molar-refractivity contribution in [2.45, 2.75) is 29.9 Å². The Bertz CT molecular complexity index is 1240. The van der Waals surface area contributed by atoms with Gasteiger partial charge in [-0.25, -0.2) is 8.42 Å². The lowest BCUT2D eigenvalue weighted by atomic mass is 10.1. The second-order valence-corrected chi connectivity index (χ2v) is 9.79. The molecule has 1 N–H and O–H groups in total. The van der Waals surface area contributed by atoms with E-state index in [4.69, 9.17) is 0 Å². The number of hydrogen-bond acceptors (Lipinski definition) is 4. The Morgan fingerprint density at radius 2 is 1.62 bits per heavy atom. The summed E-state index contributed by atoms with van der Waals surface area (Å²) in [4.78, 5) is 27.3. The quantitative estimate of drug-likeness (QED) is 0.636. The number of nitrogens with one attached hydrogen (secondary N) is 1. The third-order valence-electron chi connectivity index (χ3n) is 5.62. The van der Waals surface area contributed by atoms with Crippen molar-refractivity contribution in [1.82, 2.24) is 0 Å². The van der Waals surface area contributed by atoms with Crippen molar-refractivity contribution in [1.29, 1.82) is 0 Å². The Balaban J connectivity index is 1.65. The van der Waals surface area contributed by atoms with Gasteiger partial charge in [0.25, 0.3) is 0 Å². The van der Waals surface area contributed by atoms with Gasteiger partial charge in [-0.1, -0.05) is 61.5 Å². The van der Waals surface area contributed by atoms with Gasteiger partial charge in [0, 0.05) is 12.1 Å². The van der Waals surface area contributed by atoms with Crippen molar-refractivity contribution in [3.05, 3.63) is 90.0 Å². The summed E-state index contributed by atoms with van der Waals surface area (Å²) in [7, 11) is -3.83. The van der Waals surface area contributed by atoms with Gasteiger partial charge in [0.1, 0.15) is 6.54 Å². The second kappa shape index (κ2) is 8.96. The summed E-state index contributed by atoms with van der Waals surface area (Å²) in [6.45, 7) is 1.77. The fourth-order valence-corrected chi connectivity index (χ4v) is 5.81. The monoisotopic (exact) mass is 448 g/mol. The lowest BCUT2D eigenvalue weighted by Crippen LogP contribution is -2.38. The highest BCUT2D eigenvalue weighted by Gasteiger charge is 2.39. The summed E-state index contributed by atoms with van der Waals surface area (Å²) < 4.78 is 26.9. The van der Waals surface area contributed by atoms with Gasteiger partial charge in [-0.15, -0.1) is 0 Å². The largest absolute Gasteiger partial charge is 0.325 e. The maximum Gasteiger partial charge on any atom is 0.244 e. The third kappa shape index (κ3) is 4.29. The summed E-state index contributed by atoms with van der Waals surface area (Å²) in [5.74, 6) is -0.809. The van der Waals surface area contributed by atoms with Crippen LogP contribution in [0.25, 0.3) is 0 Å². The van der Waals surface area contributed by atoms with Crippen LogP contribution in [0.3, 0.4) is 0 Å². The van der Waals surface area contributed by atoms with E-state index in [9.17, 15) is 18.0 Å². The predicted molar refractivity (Wildman–Crippen MR) is 124 cm³/mol. The molecular weight excluding hydrogens is 424 g/mol. The van der Waals surface area contributed by atoms with Crippen molar-refractivity contribution < 1.29 is 18.0 Å². The molecule has 32 heavy (non-hydrogen) atoms. The third-order valence-corrected chi connectivity index (χ3v) is 7.76. The van der Waals surface area contributed by atoms with Gasteiger partial charge in [-0.3, -0.25) is 9.59 Å². The van der Waals surface area contributed by atoms with Crippen molar-refractivity contribution in [2.24, 2.45) is 0 Å². The predicted octanol–water partition coefficient (Wildman–Crippen LogP) is 4.14. The summed E-state index contributed by atoms with van der Waals surface area (Å²) in [6, 6.07) is 22.6. The van der Waals surface area contributed by atoms with Crippen LogP contribution in [0.4, 0.5) is 11.4 Å². The summed E-state index contributed by atoms with van der Waals surface area (Å²) >= 11 is 0. The van der Waals surface area contributed by atoms with Gasteiger partial charge in [0.2, 0.25) is 11.8 Å². The number of carbonyl (C=O) groups excluding carboxylic acids is 2. The van der Waals surface area contributed by atoms with E-state index in [0.717, 1.165) is 12.0 Å². The number of rotatable bonds is 5. The number of anilines is 2. The lowest BCUT2D eigenvalue weighted by Gasteiger charge is -2.22. The van der Waals surface area contributed by atoms with E-state index >= 15 is 0 Å². The number of fused-ring (bicyclic) bond motifs is 1. The molecule has 0 fully saturated rings. The minimum atomic E-state index is -3.83. The Labute approximate surface area is 187 Å². The van der Waals surface area contributed by atoms with Crippen LogP contribution in [0.15, 0.2) is 83.8 Å². The van der Waals surface area contributed by atoms with Crippen LogP contribution in [-0.2, 0) is 25.8 Å². The molecular formula is C25H24N2O4S. The van der Waals surface area contributed by atoms with Crippen LogP contribution >= 0.6 is 0 Å². The second-order valence-electron chi connectivity index (χ2n) is 7.69. The minimum Gasteiger partial charge on any atom is -0.325 e. The molecule has 1 aliphatic heterocycles. The summed E-state index contributed by atoms with van der Waals surface area (Å²) in [5.41, 5.74) is 2.56. The highest BCUT2D eigenvalue weighted by atomic mass is 32.2. The molecule has 1 atom stereocenters. The molecule has 3 aromatic carbocycles. The van der Waals surface area contributed by atoms with Gasteiger partial charge in [0.05, 0.1) is 15.8 Å². The van der Waals surface area contributed by atoms with Crippen LogP contribution in [0.2, 0.25) is 0 Å². The zero-order chi connectivity index (χ0) is 22.7. The molecule has 1 aliphatic rings. The molecule has 1 heterocycles. The molecule has 1 unspecified atom stereocenters. The van der Waals surface area contributed by atoms with Gasteiger partial charge in [0.15, 0.2) is 9.84 Å². The van der Waals surface area contributed by atoms with Crippen molar-refractivity contribution in [2.75, 3.05) is 16.8 Å². The van der Waals surface area contributed by atoms with Crippen LogP contribution in [0, 0.1) is 0 Å². The first-order valence-electron chi connectivity index (χ1n) is 10.5. The average Bonchev–Trinajstić information content (AvgIpc) is 2.89. The first-order chi connectivity index (χ1) is 15.4. The first kappa shape index (κ1) is 21.8. The zero-order valence-electron chi connectivity index (χ0n) is 17.7. The fourth-order valence-electron chi connectivity index (χ4n) is 3.89. The number of aryl methyl sites for hydroxylation is 1. The first-order valence-corrected chi connectivity index (χ1v) is 12.0. The maximum absolute atomic E-state index is 13.5. The Morgan fingerprint density at radius 3 is 2.31 bits per heavy atom. The molecule has 0 radical (unpaired) electrons. The number of para-hydroxylation sites is 1.